The van der Waals surface area contributed by atoms with Gasteiger partial charge in [0.25, 0.3) is 0 Å². The molecule has 1 heterocycles. The van der Waals surface area contributed by atoms with E-state index >= 15 is 0 Å². The highest BCUT2D eigenvalue weighted by Crippen LogP contribution is 2.36. The maximum atomic E-state index is 11.4. The molecule has 0 unspecified atom stereocenters. The van der Waals surface area contributed by atoms with Crippen molar-refractivity contribution in [1.82, 2.24) is 10.6 Å². The van der Waals surface area contributed by atoms with Gasteiger partial charge in [-0.05, 0) is 36.8 Å². The number of carbonyl (C=O) groups is 1. The summed E-state index contributed by atoms with van der Waals surface area (Å²) < 4.78 is 0. The van der Waals surface area contributed by atoms with Gasteiger partial charge in [0.15, 0.2) is 0 Å². The number of carbonyl (C=O) groups excluding carboxylic acids is 1. The smallest absolute Gasteiger partial charge is 0.220 e. The number of hydrogen-bond donors (Lipinski definition) is 2. The van der Waals surface area contributed by atoms with Crippen LogP contribution < -0.4 is 10.6 Å². The van der Waals surface area contributed by atoms with E-state index < -0.39 is 0 Å². The van der Waals surface area contributed by atoms with Gasteiger partial charge in [-0.2, -0.15) is 0 Å². The standard InChI is InChI=1S/C12H24N2O/c1-12(2,3)10-8-14-6-5-9(10)7-11(15)13-4/h9-10,14H,5-8H2,1-4H3,(H,13,15)/t9-,10+/m0/s1. The van der Waals surface area contributed by atoms with Gasteiger partial charge in [-0.1, -0.05) is 20.8 Å². The Morgan fingerprint density at radius 2 is 2.13 bits per heavy atom. The second-order valence-corrected chi connectivity index (χ2v) is 5.60. The van der Waals surface area contributed by atoms with Crippen LogP contribution in [0, 0.1) is 17.3 Å². The van der Waals surface area contributed by atoms with Crippen LogP contribution >= 0.6 is 0 Å². The molecular weight excluding hydrogens is 188 g/mol. The summed E-state index contributed by atoms with van der Waals surface area (Å²) in [4.78, 5) is 11.4. The summed E-state index contributed by atoms with van der Waals surface area (Å²) in [5.41, 5.74) is 0.284. The summed E-state index contributed by atoms with van der Waals surface area (Å²) in [6.07, 6.45) is 1.80. The molecule has 0 aromatic rings. The number of piperidine rings is 1. The molecule has 0 bridgehead atoms. The molecule has 15 heavy (non-hydrogen) atoms. The van der Waals surface area contributed by atoms with Crippen molar-refractivity contribution in [3.8, 4) is 0 Å². The van der Waals surface area contributed by atoms with Gasteiger partial charge in [0.1, 0.15) is 0 Å². The van der Waals surface area contributed by atoms with E-state index in [9.17, 15) is 4.79 Å². The van der Waals surface area contributed by atoms with Crippen LogP contribution in [0.1, 0.15) is 33.6 Å². The topological polar surface area (TPSA) is 41.1 Å². The van der Waals surface area contributed by atoms with Crippen molar-refractivity contribution in [3.63, 3.8) is 0 Å². The summed E-state index contributed by atoms with van der Waals surface area (Å²) in [7, 11) is 1.72. The molecule has 88 valence electrons. The van der Waals surface area contributed by atoms with E-state index in [0.717, 1.165) is 19.5 Å². The molecule has 2 N–H and O–H groups in total. The zero-order valence-corrected chi connectivity index (χ0v) is 10.4. The molecule has 1 saturated heterocycles. The van der Waals surface area contributed by atoms with Gasteiger partial charge in [0.05, 0.1) is 0 Å². The van der Waals surface area contributed by atoms with Crippen LogP contribution in [0.3, 0.4) is 0 Å². The lowest BCUT2D eigenvalue weighted by atomic mass is 9.69. The number of rotatable bonds is 2. The Morgan fingerprint density at radius 3 is 2.67 bits per heavy atom. The average Bonchev–Trinajstić information content (AvgIpc) is 2.17. The lowest BCUT2D eigenvalue weighted by molar-refractivity contribution is -0.122. The van der Waals surface area contributed by atoms with Crippen LogP contribution in [0.25, 0.3) is 0 Å². The highest BCUT2D eigenvalue weighted by Gasteiger charge is 2.34. The molecular formula is C12H24N2O. The Labute approximate surface area is 93.0 Å². The zero-order valence-electron chi connectivity index (χ0n) is 10.4. The fraction of sp³-hybridized carbons (Fsp3) is 0.917. The van der Waals surface area contributed by atoms with Gasteiger partial charge in [-0.25, -0.2) is 0 Å². The lowest BCUT2D eigenvalue weighted by Crippen LogP contribution is -2.44. The molecule has 3 nitrogen and oxygen atoms in total. The monoisotopic (exact) mass is 212 g/mol. The quantitative estimate of drug-likeness (QED) is 0.726. The molecule has 1 fully saturated rings. The predicted molar refractivity (Wildman–Crippen MR) is 62.6 cm³/mol. The van der Waals surface area contributed by atoms with Crippen molar-refractivity contribution in [1.29, 1.82) is 0 Å². The van der Waals surface area contributed by atoms with E-state index in [1.807, 2.05) is 0 Å². The van der Waals surface area contributed by atoms with E-state index in [0.29, 0.717) is 18.3 Å². The Kier molecular flexibility index (Phi) is 4.14. The van der Waals surface area contributed by atoms with Gasteiger partial charge in [-0.3, -0.25) is 4.79 Å². The maximum Gasteiger partial charge on any atom is 0.220 e. The van der Waals surface area contributed by atoms with Crippen molar-refractivity contribution in [3.05, 3.63) is 0 Å². The first kappa shape index (κ1) is 12.5. The minimum absolute atomic E-state index is 0.177. The Morgan fingerprint density at radius 1 is 1.47 bits per heavy atom. The molecule has 1 aliphatic heterocycles. The molecule has 0 radical (unpaired) electrons. The number of amides is 1. The van der Waals surface area contributed by atoms with E-state index in [1.165, 1.54) is 0 Å². The largest absolute Gasteiger partial charge is 0.359 e. The predicted octanol–water partition coefficient (Wildman–Crippen LogP) is 1.39. The first-order valence-electron chi connectivity index (χ1n) is 5.86. The molecule has 3 heteroatoms. The van der Waals surface area contributed by atoms with E-state index in [4.69, 9.17) is 0 Å². The van der Waals surface area contributed by atoms with Gasteiger partial charge < -0.3 is 10.6 Å². The minimum atomic E-state index is 0.177. The maximum absolute atomic E-state index is 11.4. The van der Waals surface area contributed by atoms with Crippen molar-refractivity contribution < 1.29 is 4.79 Å². The van der Waals surface area contributed by atoms with E-state index in [2.05, 4.69) is 31.4 Å². The summed E-state index contributed by atoms with van der Waals surface area (Å²) in [6.45, 7) is 8.89. The summed E-state index contributed by atoms with van der Waals surface area (Å²) in [5.74, 6) is 1.31. The van der Waals surface area contributed by atoms with Crippen LogP contribution in [0.2, 0.25) is 0 Å². The summed E-state index contributed by atoms with van der Waals surface area (Å²) in [5, 5.41) is 6.16. The zero-order chi connectivity index (χ0) is 11.5. The average molecular weight is 212 g/mol. The van der Waals surface area contributed by atoms with Crippen molar-refractivity contribution >= 4 is 5.91 Å². The lowest BCUT2D eigenvalue weighted by Gasteiger charge is -2.40. The summed E-state index contributed by atoms with van der Waals surface area (Å²) >= 11 is 0. The van der Waals surface area contributed by atoms with Gasteiger partial charge in [0, 0.05) is 13.5 Å². The molecule has 1 aliphatic rings. The normalized spacial score (nSPS) is 27.5. The summed E-state index contributed by atoms with van der Waals surface area (Å²) in [6, 6.07) is 0. The molecule has 1 rings (SSSR count). The van der Waals surface area contributed by atoms with E-state index in [1.54, 1.807) is 7.05 Å². The first-order chi connectivity index (χ1) is 6.95. The SMILES string of the molecule is CNC(=O)C[C@@H]1CCNC[C@H]1C(C)(C)C. The third-order valence-corrected chi connectivity index (χ3v) is 3.46. The van der Waals surface area contributed by atoms with Crippen LogP contribution in [-0.2, 0) is 4.79 Å². The van der Waals surface area contributed by atoms with Gasteiger partial charge >= 0.3 is 0 Å². The highest BCUT2D eigenvalue weighted by molar-refractivity contribution is 5.75. The second-order valence-electron chi connectivity index (χ2n) is 5.60. The van der Waals surface area contributed by atoms with E-state index in [-0.39, 0.29) is 11.3 Å². The Hall–Kier alpha value is -0.570. The van der Waals surface area contributed by atoms with Crippen LogP contribution in [-0.4, -0.2) is 26.0 Å². The molecule has 0 spiro atoms. The number of hydrogen-bond acceptors (Lipinski definition) is 2. The van der Waals surface area contributed by atoms with Crippen molar-refractivity contribution in [2.75, 3.05) is 20.1 Å². The third-order valence-electron chi connectivity index (χ3n) is 3.46. The molecule has 2 atom stereocenters. The molecule has 0 aromatic heterocycles. The molecule has 0 aliphatic carbocycles. The number of nitrogens with one attached hydrogen (secondary N) is 2. The van der Waals surface area contributed by atoms with Crippen LogP contribution in [0.5, 0.6) is 0 Å². The van der Waals surface area contributed by atoms with Crippen molar-refractivity contribution in [2.24, 2.45) is 17.3 Å². The van der Waals surface area contributed by atoms with Crippen LogP contribution in [0.4, 0.5) is 0 Å². The Bertz CT molecular complexity index is 220. The van der Waals surface area contributed by atoms with Crippen LogP contribution in [0.15, 0.2) is 0 Å². The fourth-order valence-corrected chi connectivity index (χ4v) is 2.51. The van der Waals surface area contributed by atoms with Gasteiger partial charge in [0.2, 0.25) is 5.91 Å². The molecule has 1 amide bonds. The molecule has 0 saturated carbocycles. The Balaban J connectivity index is 2.62. The second kappa shape index (κ2) is 4.97. The molecule has 0 aromatic carbocycles. The third kappa shape index (κ3) is 3.49. The van der Waals surface area contributed by atoms with Crippen molar-refractivity contribution in [2.45, 2.75) is 33.6 Å². The minimum Gasteiger partial charge on any atom is -0.359 e. The fourth-order valence-electron chi connectivity index (χ4n) is 2.51. The first-order valence-corrected chi connectivity index (χ1v) is 5.86. The van der Waals surface area contributed by atoms with Gasteiger partial charge in [-0.15, -0.1) is 0 Å². The highest BCUT2D eigenvalue weighted by atomic mass is 16.1.